The first-order chi connectivity index (χ1) is 15.2. The highest BCUT2D eigenvalue weighted by Gasteiger charge is 2.37. The summed E-state index contributed by atoms with van der Waals surface area (Å²) in [5.74, 6) is 0.285. The number of piperazine rings is 1. The number of benzene rings is 1. The minimum Gasteiger partial charge on any atom is -0.337 e. The molecular weight excluding hydrogens is 447 g/mol. The van der Waals surface area contributed by atoms with Gasteiger partial charge in [0.1, 0.15) is 0 Å². The number of halogens is 2. The van der Waals surface area contributed by atoms with Crippen LogP contribution in [0.25, 0.3) is 0 Å². The SMILES string of the molecule is Cc1ncc(C(=O)Nc2cc(Cl)cc(CN3CCN(C(=O)C4CC4)[C@@H](C)C3)c2C)cc1Cl. The van der Waals surface area contributed by atoms with Crippen LogP contribution in [0, 0.1) is 19.8 Å². The van der Waals surface area contributed by atoms with Gasteiger partial charge in [-0.25, -0.2) is 0 Å². The second-order valence-corrected chi connectivity index (χ2v) is 9.72. The highest BCUT2D eigenvalue weighted by molar-refractivity contribution is 6.32. The van der Waals surface area contributed by atoms with E-state index in [0.29, 0.717) is 39.4 Å². The first kappa shape index (κ1) is 23.0. The molecule has 1 aliphatic heterocycles. The fourth-order valence-electron chi connectivity index (χ4n) is 4.16. The zero-order valence-electron chi connectivity index (χ0n) is 18.6. The van der Waals surface area contributed by atoms with Crippen LogP contribution in [0.4, 0.5) is 5.69 Å². The number of nitrogens with zero attached hydrogens (tertiary/aromatic N) is 3. The van der Waals surface area contributed by atoms with E-state index in [1.165, 1.54) is 6.20 Å². The first-order valence-corrected chi connectivity index (χ1v) is 11.7. The van der Waals surface area contributed by atoms with Crippen LogP contribution >= 0.6 is 23.2 Å². The first-order valence-electron chi connectivity index (χ1n) is 11.0. The van der Waals surface area contributed by atoms with E-state index >= 15 is 0 Å². The van der Waals surface area contributed by atoms with Crippen molar-refractivity contribution >= 4 is 40.7 Å². The minimum atomic E-state index is -0.281. The van der Waals surface area contributed by atoms with Gasteiger partial charge >= 0.3 is 0 Å². The Morgan fingerprint density at radius 2 is 1.91 bits per heavy atom. The number of anilines is 1. The van der Waals surface area contributed by atoms with Crippen molar-refractivity contribution in [2.24, 2.45) is 5.92 Å². The normalized spacial score (nSPS) is 19.2. The lowest BCUT2D eigenvalue weighted by molar-refractivity contribution is -0.137. The number of aromatic nitrogens is 1. The van der Waals surface area contributed by atoms with Gasteiger partial charge in [-0.3, -0.25) is 19.5 Å². The fourth-order valence-corrected chi connectivity index (χ4v) is 4.57. The Kier molecular flexibility index (Phi) is 6.75. The smallest absolute Gasteiger partial charge is 0.257 e. The average molecular weight is 475 g/mol. The van der Waals surface area contributed by atoms with Gasteiger partial charge in [-0.15, -0.1) is 0 Å². The zero-order chi connectivity index (χ0) is 23.0. The van der Waals surface area contributed by atoms with Crippen LogP contribution in [0.15, 0.2) is 24.4 Å². The molecule has 2 amide bonds. The van der Waals surface area contributed by atoms with Crippen molar-refractivity contribution in [3.63, 3.8) is 0 Å². The van der Waals surface area contributed by atoms with Crippen LogP contribution in [-0.2, 0) is 11.3 Å². The van der Waals surface area contributed by atoms with E-state index in [1.54, 1.807) is 19.1 Å². The molecule has 2 aromatic rings. The van der Waals surface area contributed by atoms with Gasteiger partial charge in [0.2, 0.25) is 5.91 Å². The zero-order valence-corrected chi connectivity index (χ0v) is 20.1. The number of hydrogen-bond acceptors (Lipinski definition) is 4. The van der Waals surface area contributed by atoms with Crippen molar-refractivity contribution in [3.05, 3.63) is 56.8 Å². The highest BCUT2D eigenvalue weighted by atomic mass is 35.5. The van der Waals surface area contributed by atoms with Gasteiger partial charge in [-0.05, 0) is 62.9 Å². The molecule has 2 fully saturated rings. The molecule has 0 spiro atoms. The summed E-state index contributed by atoms with van der Waals surface area (Å²) in [6.07, 6.45) is 3.58. The molecule has 2 heterocycles. The molecule has 8 heteroatoms. The van der Waals surface area contributed by atoms with E-state index in [0.717, 1.165) is 43.6 Å². The second-order valence-electron chi connectivity index (χ2n) is 8.87. The van der Waals surface area contributed by atoms with E-state index < -0.39 is 0 Å². The van der Waals surface area contributed by atoms with Crippen molar-refractivity contribution in [3.8, 4) is 0 Å². The molecule has 0 unspecified atom stereocenters. The van der Waals surface area contributed by atoms with Gasteiger partial charge in [0.05, 0.1) is 16.3 Å². The van der Waals surface area contributed by atoms with Crippen molar-refractivity contribution in [1.29, 1.82) is 0 Å². The minimum absolute atomic E-state index is 0.189. The largest absolute Gasteiger partial charge is 0.337 e. The second kappa shape index (κ2) is 9.38. The fraction of sp³-hybridized carbons (Fsp3) is 0.458. The number of nitrogens with one attached hydrogen (secondary N) is 1. The van der Waals surface area contributed by atoms with Crippen LogP contribution in [0.2, 0.25) is 10.0 Å². The van der Waals surface area contributed by atoms with Gasteiger partial charge in [0.25, 0.3) is 5.91 Å². The van der Waals surface area contributed by atoms with Gasteiger partial charge < -0.3 is 10.2 Å². The summed E-state index contributed by atoms with van der Waals surface area (Å²) >= 11 is 12.5. The van der Waals surface area contributed by atoms with Crippen LogP contribution < -0.4 is 5.32 Å². The van der Waals surface area contributed by atoms with Crippen LogP contribution in [0.3, 0.4) is 0 Å². The number of carbonyl (C=O) groups is 2. The number of amides is 2. The highest BCUT2D eigenvalue weighted by Crippen LogP contribution is 2.33. The molecule has 2 aliphatic rings. The third kappa shape index (κ3) is 5.08. The molecule has 0 bridgehead atoms. The Balaban J connectivity index is 1.45. The molecule has 1 aromatic carbocycles. The molecule has 6 nitrogen and oxygen atoms in total. The lowest BCUT2D eigenvalue weighted by Gasteiger charge is -2.40. The lowest BCUT2D eigenvalue weighted by Crippen LogP contribution is -2.54. The summed E-state index contributed by atoms with van der Waals surface area (Å²) in [4.78, 5) is 33.8. The van der Waals surface area contributed by atoms with Gasteiger partial charge in [-0.1, -0.05) is 23.2 Å². The third-order valence-electron chi connectivity index (χ3n) is 6.33. The summed E-state index contributed by atoms with van der Waals surface area (Å²) < 4.78 is 0. The predicted molar refractivity (Wildman–Crippen MR) is 127 cm³/mol. The molecule has 1 atom stereocenters. The van der Waals surface area contributed by atoms with Crippen LogP contribution in [-0.4, -0.2) is 52.3 Å². The molecule has 1 aliphatic carbocycles. The quantitative estimate of drug-likeness (QED) is 0.681. The van der Waals surface area contributed by atoms with E-state index in [4.69, 9.17) is 23.2 Å². The Labute approximate surface area is 198 Å². The standard InChI is InChI=1S/C24H28Cl2N4O2/c1-14-12-29(6-7-30(14)24(32)17-4-5-17)13-19-8-20(25)10-22(15(19)2)28-23(31)18-9-21(26)16(3)27-11-18/h8-11,14,17H,4-7,12-13H2,1-3H3,(H,28,31)/t14-/m0/s1. The molecule has 0 radical (unpaired) electrons. The molecule has 1 N–H and O–H groups in total. The van der Waals surface area contributed by atoms with Crippen LogP contribution in [0.5, 0.6) is 0 Å². The topological polar surface area (TPSA) is 65.5 Å². The van der Waals surface area contributed by atoms with E-state index in [9.17, 15) is 9.59 Å². The Bertz CT molecular complexity index is 1050. The van der Waals surface area contributed by atoms with Crippen molar-refractivity contribution in [2.75, 3.05) is 25.0 Å². The third-order valence-corrected chi connectivity index (χ3v) is 6.93. The number of aryl methyl sites for hydroxylation is 1. The number of carbonyl (C=O) groups excluding carboxylic acids is 2. The Morgan fingerprint density at radius 1 is 1.16 bits per heavy atom. The predicted octanol–water partition coefficient (Wildman–Crippen LogP) is 4.70. The summed E-state index contributed by atoms with van der Waals surface area (Å²) in [6, 6.07) is 5.51. The summed E-state index contributed by atoms with van der Waals surface area (Å²) in [5.41, 5.74) is 3.77. The number of pyridine rings is 1. The average Bonchev–Trinajstić information content (AvgIpc) is 3.58. The molecular formula is C24H28Cl2N4O2. The van der Waals surface area contributed by atoms with E-state index in [2.05, 4.69) is 22.1 Å². The molecule has 1 aromatic heterocycles. The maximum absolute atomic E-state index is 12.7. The summed E-state index contributed by atoms with van der Waals surface area (Å²) in [5, 5.41) is 3.97. The van der Waals surface area contributed by atoms with E-state index in [1.807, 2.05) is 17.9 Å². The monoisotopic (exact) mass is 474 g/mol. The van der Waals surface area contributed by atoms with Crippen molar-refractivity contribution in [1.82, 2.24) is 14.8 Å². The lowest BCUT2D eigenvalue weighted by atomic mass is 10.0. The number of hydrogen-bond donors (Lipinski definition) is 1. The summed E-state index contributed by atoms with van der Waals surface area (Å²) in [7, 11) is 0. The molecule has 1 saturated heterocycles. The van der Waals surface area contributed by atoms with Gasteiger partial charge in [0.15, 0.2) is 0 Å². The molecule has 32 heavy (non-hydrogen) atoms. The van der Waals surface area contributed by atoms with Crippen molar-refractivity contribution < 1.29 is 9.59 Å². The van der Waals surface area contributed by atoms with E-state index in [-0.39, 0.29) is 17.9 Å². The van der Waals surface area contributed by atoms with Gasteiger partial charge in [-0.2, -0.15) is 0 Å². The van der Waals surface area contributed by atoms with Gasteiger partial charge in [0, 0.05) is 55.0 Å². The maximum atomic E-state index is 12.7. The molecule has 4 rings (SSSR count). The van der Waals surface area contributed by atoms with Crippen LogP contribution in [0.1, 0.15) is 46.9 Å². The van der Waals surface area contributed by atoms with Crippen molar-refractivity contribution in [2.45, 2.75) is 46.2 Å². The maximum Gasteiger partial charge on any atom is 0.257 e. The molecule has 1 saturated carbocycles. The Morgan fingerprint density at radius 3 is 2.56 bits per heavy atom. The number of rotatable bonds is 5. The summed E-state index contributed by atoms with van der Waals surface area (Å²) in [6.45, 7) is 9.00. The Hall–Kier alpha value is -2.15. The molecule has 170 valence electrons.